The van der Waals surface area contributed by atoms with Gasteiger partial charge < -0.3 is 9.47 Å². The third-order valence-corrected chi connectivity index (χ3v) is 5.58. The van der Waals surface area contributed by atoms with Crippen LogP contribution >= 0.6 is 11.6 Å². The Bertz CT molecular complexity index is 893. The number of nitrogens with zero attached hydrogens (tertiary/aromatic N) is 1. The van der Waals surface area contributed by atoms with E-state index in [0.29, 0.717) is 37.6 Å². The van der Waals surface area contributed by atoms with E-state index in [1.807, 2.05) is 0 Å². The quantitative estimate of drug-likeness (QED) is 0.784. The predicted molar refractivity (Wildman–Crippen MR) is 101 cm³/mol. The molecule has 0 amide bonds. The number of hydrogen-bond donors (Lipinski definition) is 1. The highest BCUT2D eigenvalue weighted by molar-refractivity contribution is 7.89. The lowest BCUT2D eigenvalue weighted by Gasteiger charge is -2.30. The minimum atomic E-state index is -3.55. The Hall–Kier alpha value is -1.74. The standard InChI is InChI=1S/C18H20ClFN2O4S/c19-15-7-17(20)18(22-8-15)12-1-3-16(4-2-12)26-10-14-9-25-6-5-13(14)11-27(21,23)24/h1-4,7-8,13-14H,5-6,9-11H2,(H2,21,23,24)/t13-,14-/m1/s1. The zero-order valence-electron chi connectivity index (χ0n) is 14.5. The molecule has 2 heterocycles. The van der Waals surface area contributed by atoms with E-state index >= 15 is 0 Å². The molecular formula is C18H20ClFN2O4S. The average Bonchev–Trinajstić information content (AvgIpc) is 2.60. The van der Waals surface area contributed by atoms with Crippen LogP contribution in [0, 0.1) is 17.7 Å². The van der Waals surface area contributed by atoms with Gasteiger partial charge in [0.25, 0.3) is 0 Å². The number of halogens is 2. The molecule has 0 saturated carbocycles. The van der Waals surface area contributed by atoms with E-state index in [-0.39, 0.29) is 28.3 Å². The third-order valence-electron chi connectivity index (χ3n) is 4.48. The number of rotatable bonds is 6. The van der Waals surface area contributed by atoms with Crippen molar-refractivity contribution in [3.05, 3.63) is 47.4 Å². The molecule has 1 aliphatic heterocycles. The Labute approximate surface area is 162 Å². The first-order valence-corrected chi connectivity index (χ1v) is 10.5. The van der Waals surface area contributed by atoms with Crippen molar-refractivity contribution < 1.29 is 22.3 Å². The van der Waals surface area contributed by atoms with Gasteiger partial charge in [0.05, 0.1) is 24.0 Å². The van der Waals surface area contributed by atoms with Gasteiger partial charge in [0, 0.05) is 24.3 Å². The number of pyridine rings is 1. The SMILES string of the molecule is NS(=O)(=O)C[C@H]1CCOC[C@@H]1COc1ccc(-c2ncc(Cl)cc2F)cc1. The molecule has 2 atom stereocenters. The van der Waals surface area contributed by atoms with Crippen LogP contribution in [0.4, 0.5) is 4.39 Å². The van der Waals surface area contributed by atoms with Gasteiger partial charge in [-0.15, -0.1) is 0 Å². The average molecular weight is 415 g/mol. The molecule has 6 nitrogen and oxygen atoms in total. The van der Waals surface area contributed by atoms with Crippen LogP contribution < -0.4 is 9.88 Å². The molecule has 0 unspecified atom stereocenters. The van der Waals surface area contributed by atoms with Crippen molar-refractivity contribution in [3.63, 3.8) is 0 Å². The first-order valence-electron chi connectivity index (χ1n) is 8.44. The molecule has 1 aliphatic rings. The van der Waals surface area contributed by atoms with Gasteiger partial charge in [0.2, 0.25) is 10.0 Å². The fourth-order valence-electron chi connectivity index (χ4n) is 3.08. The largest absolute Gasteiger partial charge is 0.493 e. The van der Waals surface area contributed by atoms with Gasteiger partial charge >= 0.3 is 0 Å². The topological polar surface area (TPSA) is 91.5 Å². The van der Waals surface area contributed by atoms with Crippen molar-refractivity contribution in [2.24, 2.45) is 17.0 Å². The predicted octanol–water partition coefficient (Wildman–Crippen LogP) is 2.86. The summed E-state index contributed by atoms with van der Waals surface area (Å²) in [6.45, 7) is 1.26. The summed E-state index contributed by atoms with van der Waals surface area (Å²) in [5.74, 6) is -0.146. The molecule has 27 heavy (non-hydrogen) atoms. The highest BCUT2D eigenvalue weighted by atomic mass is 35.5. The van der Waals surface area contributed by atoms with E-state index in [0.717, 1.165) is 0 Å². The van der Waals surface area contributed by atoms with Crippen molar-refractivity contribution in [1.82, 2.24) is 4.98 Å². The highest BCUT2D eigenvalue weighted by Crippen LogP contribution is 2.27. The molecular weight excluding hydrogens is 395 g/mol. The first-order chi connectivity index (χ1) is 12.8. The second-order valence-electron chi connectivity index (χ2n) is 6.53. The monoisotopic (exact) mass is 414 g/mol. The van der Waals surface area contributed by atoms with Crippen molar-refractivity contribution >= 4 is 21.6 Å². The van der Waals surface area contributed by atoms with Gasteiger partial charge in [-0.2, -0.15) is 0 Å². The number of hydrogen-bond acceptors (Lipinski definition) is 5. The molecule has 1 aromatic carbocycles. The fourth-order valence-corrected chi connectivity index (χ4v) is 4.26. The van der Waals surface area contributed by atoms with Gasteiger partial charge in [-0.25, -0.2) is 17.9 Å². The fraction of sp³-hybridized carbons (Fsp3) is 0.389. The molecule has 0 radical (unpaired) electrons. The highest BCUT2D eigenvalue weighted by Gasteiger charge is 2.29. The van der Waals surface area contributed by atoms with Crippen molar-refractivity contribution in [2.45, 2.75) is 6.42 Å². The van der Waals surface area contributed by atoms with E-state index in [2.05, 4.69) is 4.98 Å². The number of ether oxygens (including phenoxy) is 2. The number of aromatic nitrogens is 1. The molecule has 3 rings (SSSR count). The van der Waals surface area contributed by atoms with Gasteiger partial charge in [0.1, 0.15) is 11.4 Å². The van der Waals surface area contributed by atoms with Gasteiger partial charge in [-0.3, -0.25) is 4.98 Å². The lowest BCUT2D eigenvalue weighted by molar-refractivity contribution is 0.00448. The summed E-state index contributed by atoms with van der Waals surface area (Å²) in [7, 11) is -3.55. The summed E-state index contributed by atoms with van der Waals surface area (Å²) >= 11 is 5.72. The maximum Gasteiger partial charge on any atom is 0.209 e. The molecule has 146 valence electrons. The maximum atomic E-state index is 14.0. The molecule has 1 saturated heterocycles. The number of benzene rings is 1. The Balaban J connectivity index is 1.64. The summed E-state index contributed by atoms with van der Waals surface area (Å²) in [5, 5.41) is 5.41. The van der Waals surface area contributed by atoms with Gasteiger partial charge in [-0.1, -0.05) is 11.6 Å². The van der Waals surface area contributed by atoms with E-state index in [1.165, 1.54) is 12.3 Å². The first kappa shape index (κ1) is 20.0. The molecule has 1 aromatic heterocycles. The van der Waals surface area contributed by atoms with Crippen LogP contribution in [-0.2, 0) is 14.8 Å². The Morgan fingerprint density at radius 3 is 2.70 bits per heavy atom. The zero-order valence-corrected chi connectivity index (χ0v) is 16.0. The number of nitrogens with two attached hydrogens (primary N) is 1. The maximum absolute atomic E-state index is 14.0. The minimum absolute atomic E-state index is 0.0628. The summed E-state index contributed by atoms with van der Waals surface area (Å²) in [4.78, 5) is 4.01. The normalized spacial score (nSPS) is 20.4. The van der Waals surface area contributed by atoms with Crippen molar-refractivity contribution in [1.29, 1.82) is 0 Å². The second-order valence-corrected chi connectivity index (χ2v) is 8.63. The minimum Gasteiger partial charge on any atom is -0.493 e. The van der Waals surface area contributed by atoms with E-state index in [4.69, 9.17) is 26.2 Å². The molecule has 2 aromatic rings. The Kier molecular flexibility index (Phi) is 6.31. The van der Waals surface area contributed by atoms with Crippen LogP contribution in [0.3, 0.4) is 0 Å². The number of sulfonamides is 1. The molecule has 2 N–H and O–H groups in total. The molecule has 1 fully saturated rings. The lowest BCUT2D eigenvalue weighted by Crippen LogP contribution is -2.37. The van der Waals surface area contributed by atoms with E-state index < -0.39 is 15.8 Å². The summed E-state index contributed by atoms with van der Waals surface area (Å²) in [5.41, 5.74) is 0.810. The van der Waals surface area contributed by atoms with Gasteiger partial charge in [0.15, 0.2) is 5.82 Å². The molecule has 0 bridgehead atoms. The summed E-state index contributed by atoms with van der Waals surface area (Å²) < 4.78 is 48.0. The van der Waals surface area contributed by atoms with Crippen molar-refractivity contribution in [3.8, 4) is 17.0 Å². The molecule has 9 heteroatoms. The van der Waals surface area contributed by atoms with Crippen LogP contribution in [-0.4, -0.2) is 39.0 Å². The van der Waals surface area contributed by atoms with Crippen LogP contribution in [0.1, 0.15) is 6.42 Å². The molecule has 0 spiro atoms. The zero-order chi connectivity index (χ0) is 19.4. The van der Waals surface area contributed by atoms with E-state index in [9.17, 15) is 12.8 Å². The lowest BCUT2D eigenvalue weighted by atomic mass is 9.91. The van der Waals surface area contributed by atoms with Crippen LogP contribution in [0.25, 0.3) is 11.3 Å². The number of primary sulfonamides is 1. The van der Waals surface area contributed by atoms with Crippen LogP contribution in [0.5, 0.6) is 5.75 Å². The smallest absolute Gasteiger partial charge is 0.209 e. The Morgan fingerprint density at radius 2 is 2.04 bits per heavy atom. The van der Waals surface area contributed by atoms with Crippen LogP contribution in [0.15, 0.2) is 36.5 Å². The summed E-state index contributed by atoms with van der Waals surface area (Å²) in [6.07, 6.45) is 2.02. The Morgan fingerprint density at radius 1 is 1.30 bits per heavy atom. The molecule has 0 aliphatic carbocycles. The van der Waals surface area contributed by atoms with Crippen LogP contribution in [0.2, 0.25) is 5.02 Å². The summed E-state index contributed by atoms with van der Waals surface area (Å²) in [6, 6.07) is 8.04. The van der Waals surface area contributed by atoms with Crippen molar-refractivity contribution in [2.75, 3.05) is 25.6 Å². The van der Waals surface area contributed by atoms with Gasteiger partial charge in [-0.05, 0) is 42.7 Å². The second kappa shape index (κ2) is 8.52. The van der Waals surface area contributed by atoms with E-state index in [1.54, 1.807) is 24.3 Å². The third kappa shape index (κ3) is 5.62.